The summed E-state index contributed by atoms with van der Waals surface area (Å²) in [6.07, 6.45) is -0.0887. The molecule has 1 atom stereocenters. The number of hydrogen-bond donors (Lipinski definition) is 1. The molecule has 1 amide bonds. The average molecular weight is 432 g/mol. The van der Waals surface area contributed by atoms with Gasteiger partial charge in [-0.2, -0.15) is 4.80 Å². The fraction of sp³-hybridized carbons (Fsp3) is 0.250. The molecule has 0 bridgehead atoms. The number of nitrogens with zero attached hydrogens (tertiary/aromatic N) is 4. The highest BCUT2D eigenvalue weighted by molar-refractivity contribution is 6.31. The molecule has 0 aliphatic heterocycles. The monoisotopic (exact) mass is 431 g/mol. The number of nitrogens with one attached hydrogen (secondary N) is 1. The third-order valence-corrected chi connectivity index (χ3v) is 4.49. The minimum Gasteiger partial charge on any atom is -0.466 e. The van der Waals surface area contributed by atoms with E-state index in [4.69, 9.17) is 16.3 Å². The van der Waals surface area contributed by atoms with Crippen LogP contribution in [0.3, 0.4) is 0 Å². The lowest BCUT2D eigenvalue weighted by Crippen LogP contribution is -2.34. The van der Waals surface area contributed by atoms with Crippen molar-refractivity contribution in [1.29, 1.82) is 0 Å². The van der Waals surface area contributed by atoms with E-state index in [0.29, 0.717) is 10.6 Å². The molecule has 0 aliphatic rings. The number of tetrazole rings is 1. The van der Waals surface area contributed by atoms with E-state index in [-0.39, 0.29) is 31.0 Å². The molecule has 10 heteroatoms. The fourth-order valence-electron chi connectivity index (χ4n) is 2.81. The molecular formula is C20H19ClFN5O3. The van der Waals surface area contributed by atoms with Crippen LogP contribution in [0.25, 0.3) is 11.4 Å². The Bertz CT molecular complexity index is 1040. The molecule has 0 radical (unpaired) electrons. The Balaban J connectivity index is 1.72. The minimum atomic E-state index is -0.695. The van der Waals surface area contributed by atoms with Crippen molar-refractivity contribution in [3.63, 3.8) is 0 Å². The Labute approximate surface area is 177 Å². The molecular weight excluding hydrogens is 413 g/mol. The maximum absolute atomic E-state index is 13.9. The van der Waals surface area contributed by atoms with Gasteiger partial charge in [0.25, 0.3) is 0 Å². The first-order valence-electron chi connectivity index (χ1n) is 9.20. The van der Waals surface area contributed by atoms with Crippen molar-refractivity contribution in [3.05, 3.63) is 64.9 Å². The first kappa shape index (κ1) is 21.4. The van der Waals surface area contributed by atoms with Crippen LogP contribution < -0.4 is 5.32 Å². The van der Waals surface area contributed by atoms with Gasteiger partial charge in [-0.15, -0.1) is 10.2 Å². The van der Waals surface area contributed by atoms with Crippen molar-refractivity contribution >= 4 is 23.5 Å². The molecule has 0 fully saturated rings. The third-order valence-electron chi connectivity index (χ3n) is 4.14. The zero-order valence-electron chi connectivity index (χ0n) is 16.1. The Morgan fingerprint density at radius 1 is 1.20 bits per heavy atom. The van der Waals surface area contributed by atoms with Gasteiger partial charge in [0.1, 0.15) is 12.4 Å². The minimum absolute atomic E-state index is 0.0649. The van der Waals surface area contributed by atoms with Crippen molar-refractivity contribution in [2.75, 3.05) is 6.61 Å². The summed E-state index contributed by atoms with van der Waals surface area (Å²) in [6, 6.07) is 12.2. The SMILES string of the molecule is CCOC(=O)C[C@@H](NC(=O)Cn1nnc(-c2ccccc2F)n1)c1ccccc1Cl. The normalized spacial score (nSPS) is 11.7. The topological polar surface area (TPSA) is 99.0 Å². The van der Waals surface area contributed by atoms with Crippen LogP contribution in [0.1, 0.15) is 24.9 Å². The van der Waals surface area contributed by atoms with E-state index in [1.54, 1.807) is 43.3 Å². The molecule has 156 valence electrons. The molecule has 1 heterocycles. The molecule has 3 rings (SSSR count). The summed E-state index contributed by atoms with van der Waals surface area (Å²) in [5, 5.41) is 14.8. The van der Waals surface area contributed by atoms with E-state index in [0.717, 1.165) is 4.80 Å². The van der Waals surface area contributed by atoms with E-state index >= 15 is 0 Å². The standard InChI is InChI=1S/C20H19ClFN5O3/c1-2-30-19(29)11-17(13-7-3-5-9-15(13)21)23-18(28)12-27-25-20(24-26-27)14-8-4-6-10-16(14)22/h3-10,17H,2,11-12H2,1H3,(H,23,28)/t17-/m1/s1. The molecule has 0 saturated carbocycles. The highest BCUT2D eigenvalue weighted by Gasteiger charge is 2.22. The Kier molecular flexibility index (Phi) is 7.08. The quantitative estimate of drug-likeness (QED) is 0.550. The fourth-order valence-corrected chi connectivity index (χ4v) is 3.08. The molecule has 1 N–H and O–H groups in total. The van der Waals surface area contributed by atoms with Crippen molar-refractivity contribution < 1.29 is 18.7 Å². The van der Waals surface area contributed by atoms with E-state index in [1.165, 1.54) is 12.1 Å². The largest absolute Gasteiger partial charge is 0.466 e. The van der Waals surface area contributed by atoms with Crippen LogP contribution in [0.2, 0.25) is 5.02 Å². The number of benzene rings is 2. The summed E-state index contributed by atoms with van der Waals surface area (Å²) in [5.41, 5.74) is 0.763. The second-order valence-corrected chi connectivity index (χ2v) is 6.68. The third kappa shape index (κ3) is 5.38. The lowest BCUT2D eigenvalue weighted by molar-refractivity contribution is -0.143. The molecule has 30 heavy (non-hydrogen) atoms. The predicted molar refractivity (Wildman–Crippen MR) is 107 cm³/mol. The van der Waals surface area contributed by atoms with Crippen molar-refractivity contribution in [1.82, 2.24) is 25.5 Å². The lowest BCUT2D eigenvalue weighted by Gasteiger charge is -2.19. The van der Waals surface area contributed by atoms with Gasteiger partial charge in [-0.25, -0.2) is 4.39 Å². The van der Waals surface area contributed by atoms with Gasteiger partial charge in [0.05, 0.1) is 24.6 Å². The van der Waals surface area contributed by atoms with E-state index in [1.807, 2.05) is 0 Å². The van der Waals surface area contributed by atoms with Crippen LogP contribution in [0.5, 0.6) is 0 Å². The number of carbonyl (C=O) groups excluding carboxylic acids is 2. The summed E-state index contributed by atoms with van der Waals surface area (Å²) in [5.74, 6) is -1.37. The summed E-state index contributed by atoms with van der Waals surface area (Å²) in [6.45, 7) is 1.65. The average Bonchev–Trinajstić information content (AvgIpc) is 3.16. The van der Waals surface area contributed by atoms with Crippen LogP contribution in [-0.2, 0) is 20.9 Å². The van der Waals surface area contributed by atoms with Gasteiger partial charge in [-0.05, 0) is 35.9 Å². The molecule has 1 aromatic heterocycles. The van der Waals surface area contributed by atoms with Gasteiger partial charge in [-0.3, -0.25) is 9.59 Å². The molecule has 3 aromatic rings. The molecule has 0 unspecified atom stereocenters. The number of hydrogen-bond acceptors (Lipinski definition) is 6. The van der Waals surface area contributed by atoms with Crippen molar-refractivity contribution in [2.24, 2.45) is 0 Å². The van der Waals surface area contributed by atoms with Crippen molar-refractivity contribution in [2.45, 2.75) is 25.9 Å². The predicted octanol–water partition coefficient (Wildman–Crippen LogP) is 2.94. The van der Waals surface area contributed by atoms with Gasteiger partial charge < -0.3 is 10.1 Å². The first-order chi connectivity index (χ1) is 14.5. The number of carbonyl (C=O) groups is 2. The lowest BCUT2D eigenvalue weighted by atomic mass is 10.0. The summed E-state index contributed by atoms with van der Waals surface area (Å²) in [7, 11) is 0. The maximum atomic E-state index is 13.9. The Morgan fingerprint density at radius 2 is 1.93 bits per heavy atom. The zero-order chi connectivity index (χ0) is 21.5. The van der Waals surface area contributed by atoms with Crippen LogP contribution in [0.4, 0.5) is 4.39 Å². The maximum Gasteiger partial charge on any atom is 0.308 e. The number of esters is 1. The number of rotatable bonds is 8. The van der Waals surface area contributed by atoms with Crippen LogP contribution in [0.15, 0.2) is 48.5 Å². The summed E-state index contributed by atoms with van der Waals surface area (Å²) in [4.78, 5) is 25.6. The summed E-state index contributed by atoms with van der Waals surface area (Å²) < 4.78 is 18.9. The number of aromatic nitrogens is 4. The Morgan fingerprint density at radius 3 is 2.67 bits per heavy atom. The van der Waals surface area contributed by atoms with Gasteiger partial charge in [-0.1, -0.05) is 41.9 Å². The van der Waals surface area contributed by atoms with Gasteiger partial charge in [0.2, 0.25) is 11.7 Å². The highest BCUT2D eigenvalue weighted by Crippen LogP contribution is 2.25. The van der Waals surface area contributed by atoms with Crippen LogP contribution in [0, 0.1) is 5.82 Å². The molecule has 2 aromatic carbocycles. The number of halogens is 2. The summed E-state index contributed by atoms with van der Waals surface area (Å²) >= 11 is 6.23. The Hall–Kier alpha value is -3.33. The van der Waals surface area contributed by atoms with E-state index < -0.39 is 23.7 Å². The van der Waals surface area contributed by atoms with E-state index in [9.17, 15) is 14.0 Å². The number of ether oxygens (including phenoxy) is 1. The van der Waals surface area contributed by atoms with Crippen LogP contribution >= 0.6 is 11.6 Å². The van der Waals surface area contributed by atoms with Crippen LogP contribution in [-0.4, -0.2) is 38.7 Å². The number of amides is 1. The molecule has 0 spiro atoms. The molecule has 8 nitrogen and oxygen atoms in total. The smallest absolute Gasteiger partial charge is 0.308 e. The second kappa shape index (κ2) is 9.93. The molecule has 0 aliphatic carbocycles. The second-order valence-electron chi connectivity index (χ2n) is 6.27. The highest BCUT2D eigenvalue weighted by atomic mass is 35.5. The van der Waals surface area contributed by atoms with Gasteiger partial charge in [0, 0.05) is 5.02 Å². The zero-order valence-corrected chi connectivity index (χ0v) is 16.8. The van der Waals surface area contributed by atoms with Gasteiger partial charge in [0.15, 0.2) is 0 Å². The molecule has 0 saturated heterocycles. The van der Waals surface area contributed by atoms with E-state index in [2.05, 4.69) is 20.7 Å². The first-order valence-corrected chi connectivity index (χ1v) is 9.57. The van der Waals surface area contributed by atoms with Crippen molar-refractivity contribution in [3.8, 4) is 11.4 Å². The van der Waals surface area contributed by atoms with Gasteiger partial charge >= 0.3 is 5.97 Å².